The molecule has 3 atom stereocenters. The van der Waals surface area contributed by atoms with Gasteiger partial charge in [-0.05, 0) is 25.2 Å². The Bertz CT molecular complexity index is 229. The van der Waals surface area contributed by atoms with Crippen molar-refractivity contribution in [2.45, 2.75) is 53.1 Å². The molecular weight excluding hydrogens is 188 g/mol. The van der Waals surface area contributed by atoms with Gasteiger partial charge in [0, 0.05) is 5.92 Å². The second-order valence-corrected chi connectivity index (χ2v) is 5.51. The molecule has 1 saturated heterocycles. The Morgan fingerprint density at radius 2 is 1.93 bits per heavy atom. The zero-order valence-electron chi connectivity index (χ0n) is 10.7. The lowest BCUT2D eigenvalue weighted by molar-refractivity contribution is -0.129. The molecule has 1 aliphatic rings. The quantitative estimate of drug-likeness (QED) is 0.633. The third kappa shape index (κ3) is 3.04. The minimum Gasteiger partial charge on any atom is -0.362 e. The first-order valence-corrected chi connectivity index (χ1v) is 6.09. The Kier molecular flexibility index (Phi) is 3.93. The molecular formula is C13H24O2. The van der Waals surface area contributed by atoms with E-state index in [1.807, 2.05) is 6.92 Å². The van der Waals surface area contributed by atoms with Gasteiger partial charge >= 0.3 is 0 Å². The summed E-state index contributed by atoms with van der Waals surface area (Å²) in [6.45, 7) is 11.2. The molecule has 1 heterocycles. The van der Waals surface area contributed by atoms with Gasteiger partial charge in [0.1, 0.15) is 5.60 Å². The smallest absolute Gasteiger partial charge is 0.170 e. The molecule has 0 aromatic heterocycles. The minimum absolute atomic E-state index is 0.183. The van der Waals surface area contributed by atoms with E-state index in [0.717, 1.165) is 12.8 Å². The summed E-state index contributed by atoms with van der Waals surface area (Å²) in [5.74, 6) is 1.56. The summed E-state index contributed by atoms with van der Waals surface area (Å²) in [7, 11) is 0. The first kappa shape index (κ1) is 12.7. The summed E-state index contributed by atoms with van der Waals surface area (Å²) in [5.41, 5.74) is -0.441. The number of carbonyl (C=O) groups is 1. The Hall–Kier alpha value is -0.370. The Morgan fingerprint density at radius 3 is 2.27 bits per heavy atom. The van der Waals surface area contributed by atoms with E-state index < -0.39 is 5.60 Å². The van der Waals surface area contributed by atoms with Gasteiger partial charge < -0.3 is 4.74 Å². The molecule has 1 rings (SSSR count). The van der Waals surface area contributed by atoms with Crippen LogP contribution in [0.1, 0.15) is 47.5 Å². The van der Waals surface area contributed by atoms with E-state index in [4.69, 9.17) is 4.74 Å². The van der Waals surface area contributed by atoms with Crippen LogP contribution < -0.4 is 0 Å². The van der Waals surface area contributed by atoms with Gasteiger partial charge in [-0.15, -0.1) is 0 Å². The largest absolute Gasteiger partial charge is 0.362 e. The zero-order chi connectivity index (χ0) is 11.6. The Balaban J connectivity index is 2.67. The number of rotatable bonds is 6. The van der Waals surface area contributed by atoms with Gasteiger partial charge in [0.05, 0.1) is 6.61 Å². The molecule has 0 aromatic carbocycles. The maximum Gasteiger partial charge on any atom is 0.170 e. The van der Waals surface area contributed by atoms with Crippen LogP contribution in [0.25, 0.3) is 0 Å². The molecule has 1 aliphatic heterocycles. The van der Waals surface area contributed by atoms with Crippen LogP contribution in [0.5, 0.6) is 0 Å². The SMILES string of the molecule is CCC(C)[C@@H](CC(C)C)C(=O)[C@@]1(C)CO1. The number of epoxide rings is 1. The molecule has 1 fully saturated rings. The lowest BCUT2D eigenvalue weighted by Gasteiger charge is -2.25. The van der Waals surface area contributed by atoms with Crippen molar-refractivity contribution in [1.29, 1.82) is 0 Å². The molecule has 0 saturated carbocycles. The van der Waals surface area contributed by atoms with E-state index in [-0.39, 0.29) is 5.92 Å². The number of hydrogen-bond donors (Lipinski definition) is 0. The second kappa shape index (κ2) is 4.65. The standard InChI is InChI=1S/C13H24O2/c1-6-10(4)11(7-9(2)3)12(14)13(5)8-15-13/h9-11H,6-8H2,1-5H3/t10?,11-,13-/m1/s1. The maximum atomic E-state index is 12.2. The molecule has 0 aliphatic carbocycles. The Morgan fingerprint density at radius 1 is 1.40 bits per heavy atom. The van der Waals surface area contributed by atoms with Crippen LogP contribution in [0.3, 0.4) is 0 Å². The van der Waals surface area contributed by atoms with Crippen LogP contribution in [-0.4, -0.2) is 18.0 Å². The van der Waals surface area contributed by atoms with Crippen LogP contribution in [-0.2, 0) is 9.53 Å². The van der Waals surface area contributed by atoms with Gasteiger partial charge in [-0.2, -0.15) is 0 Å². The average Bonchev–Trinajstić information content (AvgIpc) is 2.91. The highest BCUT2D eigenvalue weighted by Gasteiger charge is 2.50. The first-order chi connectivity index (χ1) is 6.90. The Labute approximate surface area is 93.4 Å². The lowest BCUT2D eigenvalue weighted by Crippen LogP contribution is -2.33. The summed E-state index contributed by atoms with van der Waals surface area (Å²) in [6, 6.07) is 0. The van der Waals surface area contributed by atoms with Crippen molar-refractivity contribution < 1.29 is 9.53 Å². The van der Waals surface area contributed by atoms with Gasteiger partial charge in [-0.1, -0.05) is 34.1 Å². The van der Waals surface area contributed by atoms with Crippen molar-refractivity contribution in [2.24, 2.45) is 17.8 Å². The van der Waals surface area contributed by atoms with Crippen LogP contribution in [0.4, 0.5) is 0 Å². The summed E-state index contributed by atoms with van der Waals surface area (Å²) >= 11 is 0. The molecule has 2 nitrogen and oxygen atoms in total. The number of ether oxygens (including phenoxy) is 1. The fourth-order valence-corrected chi connectivity index (χ4v) is 2.03. The lowest BCUT2D eigenvalue weighted by atomic mass is 9.78. The molecule has 2 heteroatoms. The van der Waals surface area contributed by atoms with Gasteiger partial charge in [0.15, 0.2) is 5.78 Å². The van der Waals surface area contributed by atoms with Crippen molar-refractivity contribution >= 4 is 5.78 Å². The summed E-state index contributed by atoms with van der Waals surface area (Å²) in [4.78, 5) is 12.2. The number of Topliss-reactive ketones (excluding diaryl/α,β-unsaturated/α-hetero) is 1. The molecule has 0 amide bonds. The van der Waals surface area contributed by atoms with Crippen molar-refractivity contribution in [3.05, 3.63) is 0 Å². The van der Waals surface area contributed by atoms with Gasteiger partial charge in [-0.25, -0.2) is 0 Å². The number of carbonyl (C=O) groups excluding carboxylic acids is 1. The molecule has 15 heavy (non-hydrogen) atoms. The molecule has 0 spiro atoms. The topological polar surface area (TPSA) is 29.6 Å². The molecule has 0 N–H and O–H groups in total. The predicted molar refractivity (Wildman–Crippen MR) is 61.8 cm³/mol. The van der Waals surface area contributed by atoms with E-state index in [1.165, 1.54) is 0 Å². The number of ketones is 1. The van der Waals surface area contributed by atoms with E-state index in [9.17, 15) is 4.79 Å². The van der Waals surface area contributed by atoms with Crippen molar-refractivity contribution in [3.8, 4) is 0 Å². The summed E-state index contributed by atoms with van der Waals surface area (Å²) < 4.78 is 5.27. The zero-order valence-corrected chi connectivity index (χ0v) is 10.7. The van der Waals surface area contributed by atoms with E-state index in [1.54, 1.807) is 0 Å². The molecule has 0 radical (unpaired) electrons. The van der Waals surface area contributed by atoms with Crippen molar-refractivity contribution in [1.82, 2.24) is 0 Å². The maximum absolute atomic E-state index is 12.2. The normalized spacial score (nSPS) is 28.9. The highest BCUT2D eigenvalue weighted by Crippen LogP contribution is 2.35. The van der Waals surface area contributed by atoms with E-state index in [0.29, 0.717) is 24.2 Å². The van der Waals surface area contributed by atoms with E-state index in [2.05, 4.69) is 27.7 Å². The first-order valence-electron chi connectivity index (χ1n) is 6.09. The highest BCUT2D eigenvalue weighted by atomic mass is 16.6. The molecule has 88 valence electrons. The molecule has 1 unspecified atom stereocenters. The highest BCUT2D eigenvalue weighted by molar-refractivity contribution is 5.91. The average molecular weight is 212 g/mol. The minimum atomic E-state index is -0.441. The number of hydrogen-bond acceptors (Lipinski definition) is 2. The van der Waals surface area contributed by atoms with Gasteiger partial charge in [0.25, 0.3) is 0 Å². The fourth-order valence-electron chi connectivity index (χ4n) is 2.03. The van der Waals surface area contributed by atoms with Gasteiger partial charge in [-0.3, -0.25) is 4.79 Å². The summed E-state index contributed by atoms with van der Waals surface area (Å²) in [5, 5.41) is 0. The van der Waals surface area contributed by atoms with Crippen molar-refractivity contribution in [2.75, 3.05) is 6.61 Å². The van der Waals surface area contributed by atoms with E-state index >= 15 is 0 Å². The predicted octanol–water partition coefficient (Wildman–Crippen LogP) is 3.05. The van der Waals surface area contributed by atoms with Crippen LogP contribution in [0, 0.1) is 17.8 Å². The molecule has 0 bridgehead atoms. The third-order valence-corrected chi connectivity index (χ3v) is 3.49. The summed E-state index contributed by atoms with van der Waals surface area (Å²) in [6.07, 6.45) is 2.06. The van der Waals surface area contributed by atoms with Crippen LogP contribution in [0.15, 0.2) is 0 Å². The third-order valence-electron chi connectivity index (χ3n) is 3.49. The van der Waals surface area contributed by atoms with Crippen molar-refractivity contribution in [3.63, 3.8) is 0 Å². The molecule has 0 aromatic rings. The second-order valence-electron chi connectivity index (χ2n) is 5.51. The van der Waals surface area contributed by atoms with Crippen LogP contribution in [0.2, 0.25) is 0 Å². The monoisotopic (exact) mass is 212 g/mol. The fraction of sp³-hybridized carbons (Fsp3) is 0.923. The van der Waals surface area contributed by atoms with Crippen LogP contribution >= 0.6 is 0 Å². The van der Waals surface area contributed by atoms with Gasteiger partial charge in [0.2, 0.25) is 0 Å².